The first kappa shape index (κ1) is 25.2. The maximum Gasteiger partial charge on any atom is 0.244 e. The predicted molar refractivity (Wildman–Crippen MR) is 133 cm³/mol. The molecule has 2 amide bonds. The fraction of sp³-hybridized carbons (Fsp3) is 0.417. The summed E-state index contributed by atoms with van der Waals surface area (Å²) in [5.41, 5.74) is 1.23. The third-order valence-electron chi connectivity index (χ3n) is 5.86. The minimum Gasteiger partial charge on any atom is -0.352 e. The maximum atomic E-state index is 13.5. The number of benzene rings is 2. The van der Waals surface area contributed by atoms with Gasteiger partial charge in [-0.3, -0.25) is 13.9 Å². The van der Waals surface area contributed by atoms with Crippen molar-refractivity contribution in [2.24, 2.45) is 0 Å². The third-order valence-corrected chi connectivity index (χ3v) is 7.66. The summed E-state index contributed by atoms with van der Waals surface area (Å²) in [7, 11) is -3.75. The molecule has 2 aromatic rings. The zero-order valence-corrected chi connectivity index (χ0v) is 21.3. The Bertz CT molecular complexity index is 1070. The Hall–Kier alpha value is -2.39. The molecule has 0 radical (unpaired) electrons. The van der Waals surface area contributed by atoms with E-state index in [0.717, 1.165) is 41.8 Å². The van der Waals surface area contributed by atoms with Gasteiger partial charge in [0, 0.05) is 17.1 Å². The van der Waals surface area contributed by atoms with Crippen LogP contribution < -0.4 is 9.62 Å². The van der Waals surface area contributed by atoms with Crippen LogP contribution in [0.1, 0.15) is 38.2 Å². The number of hydrogen-bond donors (Lipinski definition) is 1. The average Bonchev–Trinajstić information content (AvgIpc) is 3.29. The Morgan fingerprint density at radius 1 is 1.06 bits per heavy atom. The van der Waals surface area contributed by atoms with Crippen molar-refractivity contribution in [3.8, 4) is 0 Å². The standard InChI is InChI=1S/C24H30BrN3O4S/c1-18(24(30)26-20-12-6-7-13-20)27(16-19-10-4-3-5-11-19)23(29)17-28(33(2,31)32)22-15-9-8-14-21(22)25/h3-5,8-11,14-15,18,20H,6-7,12-13,16-17H2,1-2H3,(H,26,30). The highest BCUT2D eigenvalue weighted by Gasteiger charge is 2.31. The van der Waals surface area contributed by atoms with E-state index in [-0.39, 0.29) is 18.5 Å². The summed E-state index contributed by atoms with van der Waals surface area (Å²) in [5.74, 6) is -0.674. The lowest BCUT2D eigenvalue weighted by Gasteiger charge is -2.32. The number of sulfonamides is 1. The van der Waals surface area contributed by atoms with Crippen LogP contribution in [0.25, 0.3) is 0 Å². The van der Waals surface area contributed by atoms with E-state index in [4.69, 9.17) is 0 Å². The number of carbonyl (C=O) groups excluding carboxylic acids is 2. The number of anilines is 1. The van der Waals surface area contributed by atoms with E-state index >= 15 is 0 Å². The summed E-state index contributed by atoms with van der Waals surface area (Å²) >= 11 is 3.38. The molecule has 0 spiro atoms. The molecule has 1 N–H and O–H groups in total. The van der Waals surface area contributed by atoms with Crippen LogP contribution in [0.15, 0.2) is 59.1 Å². The van der Waals surface area contributed by atoms with Gasteiger partial charge in [0.25, 0.3) is 0 Å². The van der Waals surface area contributed by atoms with Crippen molar-refractivity contribution < 1.29 is 18.0 Å². The van der Waals surface area contributed by atoms with Gasteiger partial charge < -0.3 is 10.2 Å². The van der Waals surface area contributed by atoms with Crippen LogP contribution in [0.2, 0.25) is 0 Å². The van der Waals surface area contributed by atoms with Crippen molar-refractivity contribution in [1.29, 1.82) is 0 Å². The number of halogens is 1. The topological polar surface area (TPSA) is 86.8 Å². The third kappa shape index (κ3) is 6.80. The van der Waals surface area contributed by atoms with Gasteiger partial charge in [-0.2, -0.15) is 0 Å². The largest absolute Gasteiger partial charge is 0.352 e. The van der Waals surface area contributed by atoms with Crippen LogP contribution in [0.5, 0.6) is 0 Å². The number of carbonyl (C=O) groups is 2. The Labute approximate surface area is 204 Å². The smallest absolute Gasteiger partial charge is 0.244 e. The maximum absolute atomic E-state index is 13.5. The van der Waals surface area contributed by atoms with Gasteiger partial charge in [0.05, 0.1) is 11.9 Å². The molecule has 33 heavy (non-hydrogen) atoms. The molecular formula is C24H30BrN3O4S. The van der Waals surface area contributed by atoms with Gasteiger partial charge >= 0.3 is 0 Å². The van der Waals surface area contributed by atoms with Crippen LogP contribution >= 0.6 is 15.9 Å². The van der Waals surface area contributed by atoms with E-state index in [9.17, 15) is 18.0 Å². The summed E-state index contributed by atoms with van der Waals surface area (Å²) in [6, 6.07) is 15.6. The van der Waals surface area contributed by atoms with Crippen molar-refractivity contribution in [1.82, 2.24) is 10.2 Å². The van der Waals surface area contributed by atoms with E-state index in [1.54, 1.807) is 31.2 Å². The molecule has 7 nitrogen and oxygen atoms in total. The van der Waals surface area contributed by atoms with Gasteiger partial charge in [0.2, 0.25) is 21.8 Å². The van der Waals surface area contributed by atoms with Crippen molar-refractivity contribution in [2.75, 3.05) is 17.1 Å². The molecule has 1 atom stereocenters. The molecule has 1 saturated carbocycles. The number of para-hydroxylation sites is 1. The first-order valence-electron chi connectivity index (χ1n) is 11.0. The molecule has 2 aromatic carbocycles. The number of nitrogens with one attached hydrogen (secondary N) is 1. The number of rotatable bonds is 9. The van der Waals surface area contributed by atoms with Gasteiger partial charge in [0.15, 0.2) is 0 Å². The monoisotopic (exact) mass is 535 g/mol. The van der Waals surface area contributed by atoms with Gasteiger partial charge in [0.1, 0.15) is 12.6 Å². The van der Waals surface area contributed by atoms with Gasteiger partial charge in [-0.1, -0.05) is 55.3 Å². The van der Waals surface area contributed by atoms with E-state index in [1.807, 2.05) is 30.3 Å². The molecule has 0 aromatic heterocycles. The van der Waals surface area contributed by atoms with Crippen LogP contribution in [0.4, 0.5) is 5.69 Å². The first-order chi connectivity index (χ1) is 15.7. The van der Waals surface area contributed by atoms with Crippen LogP contribution in [-0.2, 0) is 26.2 Å². The predicted octanol–water partition coefficient (Wildman–Crippen LogP) is 3.69. The summed E-state index contributed by atoms with van der Waals surface area (Å²) in [4.78, 5) is 27.9. The molecule has 9 heteroatoms. The summed E-state index contributed by atoms with van der Waals surface area (Å²) in [6.45, 7) is 1.48. The molecule has 1 aliphatic carbocycles. The second kappa shape index (κ2) is 11.2. The summed E-state index contributed by atoms with van der Waals surface area (Å²) in [5, 5.41) is 3.05. The molecule has 0 heterocycles. The van der Waals surface area contributed by atoms with Gasteiger partial charge in [-0.05, 0) is 53.4 Å². The van der Waals surface area contributed by atoms with Crippen LogP contribution in [0, 0.1) is 0 Å². The Kier molecular flexibility index (Phi) is 8.53. The molecule has 178 valence electrons. The minimum absolute atomic E-state index is 0.126. The highest BCUT2D eigenvalue weighted by atomic mass is 79.9. The number of amides is 2. The van der Waals surface area contributed by atoms with E-state index in [0.29, 0.717) is 10.2 Å². The van der Waals surface area contributed by atoms with E-state index in [2.05, 4.69) is 21.2 Å². The zero-order valence-electron chi connectivity index (χ0n) is 18.9. The number of hydrogen-bond acceptors (Lipinski definition) is 4. The molecule has 0 saturated heterocycles. The lowest BCUT2D eigenvalue weighted by Crippen LogP contribution is -2.52. The SMILES string of the molecule is CC(C(=O)NC1CCCC1)N(Cc1ccccc1)C(=O)CN(c1ccccc1Br)S(C)(=O)=O. The minimum atomic E-state index is -3.75. The lowest BCUT2D eigenvalue weighted by atomic mass is 10.1. The highest BCUT2D eigenvalue weighted by molar-refractivity contribution is 9.10. The highest BCUT2D eigenvalue weighted by Crippen LogP contribution is 2.28. The zero-order chi connectivity index (χ0) is 24.0. The molecule has 3 rings (SSSR count). The summed E-state index contributed by atoms with van der Waals surface area (Å²) in [6.07, 6.45) is 5.12. The van der Waals surface area contributed by atoms with E-state index < -0.39 is 28.5 Å². The fourth-order valence-corrected chi connectivity index (χ4v) is 5.48. The van der Waals surface area contributed by atoms with E-state index in [1.165, 1.54) is 4.90 Å². The van der Waals surface area contributed by atoms with Crippen molar-refractivity contribution in [3.05, 3.63) is 64.6 Å². The molecule has 1 unspecified atom stereocenters. The van der Waals surface area contributed by atoms with Crippen LogP contribution in [-0.4, -0.2) is 50.0 Å². The van der Waals surface area contributed by atoms with Crippen molar-refractivity contribution in [3.63, 3.8) is 0 Å². The molecule has 0 bridgehead atoms. The van der Waals surface area contributed by atoms with Crippen LogP contribution in [0.3, 0.4) is 0 Å². The Balaban J connectivity index is 1.86. The fourth-order valence-electron chi connectivity index (χ4n) is 4.00. The molecule has 1 fully saturated rings. The number of nitrogens with zero attached hydrogens (tertiary/aromatic N) is 2. The summed E-state index contributed by atoms with van der Waals surface area (Å²) < 4.78 is 26.8. The first-order valence-corrected chi connectivity index (χ1v) is 13.7. The average molecular weight is 536 g/mol. The molecule has 0 aliphatic heterocycles. The molecular weight excluding hydrogens is 506 g/mol. The lowest BCUT2D eigenvalue weighted by molar-refractivity contribution is -0.139. The second-order valence-electron chi connectivity index (χ2n) is 8.39. The van der Waals surface area contributed by atoms with Crippen molar-refractivity contribution in [2.45, 2.75) is 51.2 Å². The second-order valence-corrected chi connectivity index (χ2v) is 11.2. The molecule has 1 aliphatic rings. The Morgan fingerprint density at radius 3 is 2.27 bits per heavy atom. The van der Waals surface area contributed by atoms with Gasteiger partial charge in [-0.15, -0.1) is 0 Å². The quantitative estimate of drug-likeness (QED) is 0.530. The Morgan fingerprint density at radius 2 is 1.67 bits per heavy atom. The van der Waals surface area contributed by atoms with Crippen molar-refractivity contribution >= 4 is 43.5 Å². The normalized spacial score (nSPS) is 15.1. The van der Waals surface area contributed by atoms with Gasteiger partial charge in [-0.25, -0.2) is 8.42 Å².